The van der Waals surface area contributed by atoms with Gasteiger partial charge in [0.05, 0.1) is 14.2 Å². The fourth-order valence-electron chi connectivity index (χ4n) is 1.61. The van der Waals surface area contributed by atoms with E-state index in [0.717, 1.165) is 35.2 Å². The van der Waals surface area contributed by atoms with E-state index in [1.54, 1.807) is 14.2 Å². The predicted octanol–water partition coefficient (Wildman–Crippen LogP) is 3.55. The normalized spacial score (nSPS) is 10.1. The quantitative estimate of drug-likeness (QED) is 0.764. The molecule has 0 aliphatic rings. The van der Waals surface area contributed by atoms with Crippen LogP contribution in [0.3, 0.4) is 0 Å². The first kappa shape index (κ1) is 12.4. The molecule has 0 atom stereocenters. The van der Waals surface area contributed by atoms with Crippen molar-refractivity contribution in [3.63, 3.8) is 0 Å². The Labute approximate surface area is 99.7 Å². The van der Waals surface area contributed by atoms with Crippen molar-refractivity contribution >= 4 is 15.9 Å². The summed E-state index contributed by atoms with van der Waals surface area (Å²) in [6.07, 6.45) is 2.06. The molecule has 0 fully saturated rings. The maximum absolute atomic E-state index is 5.38. The second-order valence-corrected chi connectivity index (χ2v) is 3.92. The molecule has 0 saturated heterocycles. The highest BCUT2D eigenvalue weighted by atomic mass is 79.9. The lowest BCUT2D eigenvalue weighted by Crippen LogP contribution is -1.98. The third kappa shape index (κ3) is 2.88. The van der Waals surface area contributed by atoms with Crippen LogP contribution >= 0.6 is 15.9 Å². The Balaban J connectivity index is 3.19. The van der Waals surface area contributed by atoms with Gasteiger partial charge in [-0.2, -0.15) is 0 Å². The van der Waals surface area contributed by atoms with Crippen LogP contribution in [0.2, 0.25) is 0 Å². The molecular formula is C12H17BrO2. The fourth-order valence-corrected chi connectivity index (χ4v) is 1.94. The van der Waals surface area contributed by atoms with E-state index in [4.69, 9.17) is 9.47 Å². The number of halogens is 1. The van der Waals surface area contributed by atoms with Crippen molar-refractivity contribution in [1.82, 2.24) is 0 Å². The summed E-state index contributed by atoms with van der Waals surface area (Å²) in [5.74, 6) is 1.84. The van der Waals surface area contributed by atoms with Crippen LogP contribution < -0.4 is 9.47 Å². The predicted molar refractivity (Wildman–Crippen MR) is 66.2 cm³/mol. The van der Waals surface area contributed by atoms with Crippen LogP contribution in [-0.4, -0.2) is 14.2 Å². The molecule has 0 aliphatic carbocycles. The number of hydrogen-bond acceptors (Lipinski definition) is 2. The zero-order valence-electron chi connectivity index (χ0n) is 9.47. The molecule has 1 aromatic carbocycles. The van der Waals surface area contributed by atoms with Crippen molar-refractivity contribution in [2.45, 2.75) is 25.1 Å². The molecule has 1 rings (SSSR count). The number of benzene rings is 1. The van der Waals surface area contributed by atoms with Gasteiger partial charge < -0.3 is 9.47 Å². The molecule has 0 radical (unpaired) electrons. The molecule has 0 aliphatic heterocycles. The third-order valence-electron chi connectivity index (χ3n) is 2.32. The molecule has 15 heavy (non-hydrogen) atoms. The minimum atomic E-state index is 0.812. The van der Waals surface area contributed by atoms with E-state index in [2.05, 4.69) is 35.0 Å². The average molecular weight is 273 g/mol. The standard InChI is InChI=1S/C12H17BrO2/c1-4-5-10-11(14-2)6-9(8-13)7-12(10)15-3/h6-7H,4-5,8H2,1-3H3. The Morgan fingerprint density at radius 3 is 2.00 bits per heavy atom. The van der Waals surface area contributed by atoms with E-state index in [1.165, 1.54) is 5.56 Å². The largest absolute Gasteiger partial charge is 0.496 e. The Morgan fingerprint density at radius 1 is 1.13 bits per heavy atom. The van der Waals surface area contributed by atoms with Crippen LogP contribution in [-0.2, 0) is 11.8 Å². The molecule has 1 aromatic rings. The molecular weight excluding hydrogens is 256 g/mol. The summed E-state index contributed by atoms with van der Waals surface area (Å²) >= 11 is 3.44. The van der Waals surface area contributed by atoms with Gasteiger partial charge in [0, 0.05) is 10.9 Å². The van der Waals surface area contributed by atoms with Gasteiger partial charge in [0.15, 0.2) is 0 Å². The number of hydrogen-bond donors (Lipinski definition) is 0. The Bertz CT molecular complexity index is 298. The van der Waals surface area contributed by atoms with Crippen molar-refractivity contribution in [3.8, 4) is 11.5 Å². The first-order valence-corrected chi connectivity index (χ1v) is 6.18. The minimum Gasteiger partial charge on any atom is -0.496 e. The van der Waals surface area contributed by atoms with Crippen LogP contribution in [0.4, 0.5) is 0 Å². The second-order valence-electron chi connectivity index (χ2n) is 3.36. The van der Waals surface area contributed by atoms with Crippen molar-refractivity contribution < 1.29 is 9.47 Å². The highest BCUT2D eigenvalue weighted by Gasteiger charge is 2.10. The average Bonchev–Trinajstić information content (AvgIpc) is 2.29. The lowest BCUT2D eigenvalue weighted by Gasteiger charge is -2.14. The maximum atomic E-state index is 5.38. The molecule has 0 spiro atoms. The topological polar surface area (TPSA) is 18.5 Å². The van der Waals surface area contributed by atoms with Gasteiger partial charge in [0.1, 0.15) is 11.5 Å². The molecule has 0 saturated carbocycles. The van der Waals surface area contributed by atoms with Crippen LogP contribution in [0.25, 0.3) is 0 Å². The molecule has 2 nitrogen and oxygen atoms in total. The van der Waals surface area contributed by atoms with E-state index < -0.39 is 0 Å². The molecule has 3 heteroatoms. The van der Waals surface area contributed by atoms with Gasteiger partial charge in [0.25, 0.3) is 0 Å². The van der Waals surface area contributed by atoms with Crippen LogP contribution in [0.5, 0.6) is 11.5 Å². The van der Waals surface area contributed by atoms with Gasteiger partial charge >= 0.3 is 0 Å². The van der Waals surface area contributed by atoms with E-state index >= 15 is 0 Å². The summed E-state index contributed by atoms with van der Waals surface area (Å²) in [4.78, 5) is 0. The van der Waals surface area contributed by atoms with Gasteiger partial charge in [-0.15, -0.1) is 0 Å². The molecule has 0 N–H and O–H groups in total. The fraction of sp³-hybridized carbons (Fsp3) is 0.500. The monoisotopic (exact) mass is 272 g/mol. The lowest BCUT2D eigenvalue weighted by molar-refractivity contribution is 0.384. The van der Waals surface area contributed by atoms with Crippen molar-refractivity contribution in [2.75, 3.05) is 14.2 Å². The van der Waals surface area contributed by atoms with E-state index in [-0.39, 0.29) is 0 Å². The van der Waals surface area contributed by atoms with Crippen LogP contribution in [0.15, 0.2) is 12.1 Å². The van der Waals surface area contributed by atoms with E-state index in [9.17, 15) is 0 Å². The zero-order valence-corrected chi connectivity index (χ0v) is 11.1. The zero-order chi connectivity index (χ0) is 11.3. The summed E-state index contributed by atoms with van der Waals surface area (Å²) in [5, 5.41) is 0.812. The number of methoxy groups -OCH3 is 2. The molecule has 84 valence electrons. The highest BCUT2D eigenvalue weighted by molar-refractivity contribution is 9.08. The van der Waals surface area contributed by atoms with Crippen LogP contribution in [0.1, 0.15) is 24.5 Å². The SMILES string of the molecule is CCCc1c(OC)cc(CBr)cc1OC. The van der Waals surface area contributed by atoms with Gasteiger partial charge in [-0.1, -0.05) is 29.3 Å². The first-order chi connectivity index (χ1) is 7.26. The van der Waals surface area contributed by atoms with Crippen molar-refractivity contribution in [1.29, 1.82) is 0 Å². The molecule has 0 unspecified atom stereocenters. The summed E-state index contributed by atoms with van der Waals surface area (Å²) in [5.41, 5.74) is 2.33. The Morgan fingerprint density at radius 2 is 1.67 bits per heavy atom. The van der Waals surface area contributed by atoms with Crippen molar-refractivity contribution in [2.24, 2.45) is 0 Å². The highest BCUT2D eigenvalue weighted by Crippen LogP contribution is 2.32. The number of rotatable bonds is 5. The maximum Gasteiger partial charge on any atom is 0.126 e. The molecule has 0 heterocycles. The van der Waals surface area contributed by atoms with Gasteiger partial charge in [0.2, 0.25) is 0 Å². The Hall–Kier alpha value is -0.700. The van der Waals surface area contributed by atoms with Gasteiger partial charge in [-0.25, -0.2) is 0 Å². The summed E-state index contributed by atoms with van der Waals surface area (Å²) in [7, 11) is 3.40. The van der Waals surface area contributed by atoms with Crippen molar-refractivity contribution in [3.05, 3.63) is 23.3 Å². The third-order valence-corrected chi connectivity index (χ3v) is 2.97. The van der Waals surface area contributed by atoms with E-state index in [1.807, 2.05) is 0 Å². The van der Waals surface area contributed by atoms with Crippen LogP contribution in [0, 0.1) is 0 Å². The van der Waals surface area contributed by atoms with E-state index in [0.29, 0.717) is 0 Å². The molecule has 0 amide bonds. The molecule has 0 bridgehead atoms. The molecule has 0 aromatic heterocycles. The smallest absolute Gasteiger partial charge is 0.126 e. The lowest BCUT2D eigenvalue weighted by atomic mass is 10.1. The second kappa shape index (κ2) is 6.01. The minimum absolute atomic E-state index is 0.812. The number of alkyl halides is 1. The van der Waals surface area contributed by atoms with Gasteiger partial charge in [-0.3, -0.25) is 0 Å². The number of ether oxygens (including phenoxy) is 2. The first-order valence-electron chi connectivity index (χ1n) is 5.06. The summed E-state index contributed by atoms with van der Waals surface area (Å²) < 4.78 is 10.8. The summed E-state index contributed by atoms with van der Waals surface area (Å²) in [6, 6.07) is 4.12. The van der Waals surface area contributed by atoms with Gasteiger partial charge in [-0.05, 0) is 24.1 Å². The summed E-state index contributed by atoms with van der Waals surface area (Å²) in [6.45, 7) is 2.15. The Kier molecular flexibility index (Phi) is 4.95.